The van der Waals surface area contributed by atoms with Crippen LogP contribution < -0.4 is 10.6 Å². The molecule has 1 aromatic carbocycles. The summed E-state index contributed by atoms with van der Waals surface area (Å²) in [7, 11) is 0. The van der Waals surface area contributed by atoms with E-state index in [9.17, 15) is 37.8 Å². The number of hydrogen-bond donors (Lipinski definition) is 5. The van der Waals surface area contributed by atoms with Crippen LogP contribution in [0.2, 0.25) is 0 Å². The Bertz CT molecular complexity index is 1140. The minimum absolute atomic E-state index is 0.0971. The van der Waals surface area contributed by atoms with Gasteiger partial charge in [-0.1, -0.05) is 33.6 Å². The van der Waals surface area contributed by atoms with Crippen molar-refractivity contribution in [3.8, 4) is 0 Å². The second-order valence-corrected chi connectivity index (χ2v) is 10.3. The maximum Gasteiger partial charge on any atom is 0.416 e. The predicted molar refractivity (Wildman–Crippen MR) is 136 cm³/mol. The first-order valence-corrected chi connectivity index (χ1v) is 12.5. The number of unbranched alkanes of at least 4 members (excludes halogenated alkanes) is 1. The van der Waals surface area contributed by atoms with Crippen LogP contribution in [0.15, 0.2) is 36.5 Å². The van der Waals surface area contributed by atoms with Crippen molar-refractivity contribution in [3.63, 3.8) is 0 Å². The monoisotopic (exact) mass is 554 g/mol. The summed E-state index contributed by atoms with van der Waals surface area (Å²) in [6, 6.07) is 3.44. The van der Waals surface area contributed by atoms with Crippen molar-refractivity contribution in [3.05, 3.63) is 42.1 Å². The maximum atomic E-state index is 13.3. The first-order chi connectivity index (χ1) is 18.2. The van der Waals surface area contributed by atoms with Crippen molar-refractivity contribution in [2.75, 3.05) is 17.2 Å². The predicted octanol–water partition coefficient (Wildman–Crippen LogP) is 4.56. The smallest absolute Gasteiger partial charge is 0.416 e. The van der Waals surface area contributed by atoms with E-state index in [-0.39, 0.29) is 30.9 Å². The Hall–Kier alpha value is -3.81. The van der Waals surface area contributed by atoms with Crippen molar-refractivity contribution >= 4 is 29.5 Å². The number of carbonyl (C=O) groups is 3. The molecule has 214 valence electrons. The average Bonchev–Trinajstić information content (AvgIpc) is 3.47. The van der Waals surface area contributed by atoms with E-state index in [4.69, 9.17) is 0 Å². The number of amides is 4. The van der Waals surface area contributed by atoms with Gasteiger partial charge in [0.2, 0.25) is 0 Å². The van der Waals surface area contributed by atoms with Gasteiger partial charge in [0, 0.05) is 18.3 Å². The van der Waals surface area contributed by atoms with Gasteiger partial charge in [-0.3, -0.25) is 14.8 Å². The number of likely N-dealkylation sites (tertiary alicyclic amines) is 1. The summed E-state index contributed by atoms with van der Waals surface area (Å²) in [5.74, 6) is -0.626. The lowest BCUT2D eigenvalue weighted by Crippen LogP contribution is -2.59. The fourth-order valence-electron chi connectivity index (χ4n) is 4.69. The Morgan fingerprint density at radius 2 is 1.87 bits per heavy atom. The maximum absolute atomic E-state index is 13.3. The molecule has 0 bridgehead atoms. The van der Waals surface area contributed by atoms with Gasteiger partial charge in [0.05, 0.1) is 17.8 Å². The van der Waals surface area contributed by atoms with Crippen LogP contribution in [0, 0.1) is 5.41 Å². The van der Waals surface area contributed by atoms with Crippen LogP contribution in [0.25, 0.3) is 0 Å². The molecule has 0 spiro atoms. The van der Waals surface area contributed by atoms with E-state index in [0.29, 0.717) is 12.8 Å². The molecule has 5 N–H and O–H groups in total. The van der Waals surface area contributed by atoms with E-state index < -0.39 is 53.5 Å². The number of benzene rings is 1. The number of nitrogens with one attached hydrogen (secondary N) is 3. The molecule has 14 heteroatoms. The second-order valence-electron chi connectivity index (χ2n) is 10.3. The van der Waals surface area contributed by atoms with Crippen molar-refractivity contribution < 1.29 is 37.8 Å². The molecule has 11 nitrogen and oxygen atoms in total. The van der Waals surface area contributed by atoms with Crippen molar-refractivity contribution in [2.24, 2.45) is 5.41 Å². The van der Waals surface area contributed by atoms with E-state index in [1.807, 2.05) is 20.8 Å². The fourth-order valence-corrected chi connectivity index (χ4v) is 4.69. The van der Waals surface area contributed by atoms with Gasteiger partial charge in [0.15, 0.2) is 6.10 Å². The number of alkyl halides is 3. The summed E-state index contributed by atoms with van der Waals surface area (Å²) in [6.45, 7) is 5.69. The summed E-state index contributed by atoms with van der Waals surface area (Å²) >= 11 is 0. The molecule has 2 heterocycles. The van der Waals surface area contributed by atoms with Crippen LogP contribution in [0.1, 0.15) is 52.0 Å². The topological polar surface area (TPSA) is 151 Å². The minimum atomic E-state index is -4.54. The van der Waals surface area contributed by atoms with Gasteiger partial charge in [0.25, 0.3) is 5.91 Å². The quantitative estimate of drug-likeness (QED) is 0.307. The van der Waals surface area contributed by atoms with E-state index in [0.717, 1.165) is 29.2 Å². The highest BCUT2D eigenvalue weighted by atomic mass is 19.4. The molecule has 1 fully saturated rings. The third kappa shape index (κ3) is 7.40. The number of aliphatic hydroxyl groups excluding tert-OH is 1. The van der Waals surface area contributed by atoms with E-state index in [1.54, 1.807) is 0 Å². The number of aromatic amines is 1. The molecule has 1 aliphatic heterocycles. The Morgan fingerprint density at radius 3 is 2.41 bits per heavy atom. The summed E-state index contributed by atoms with van der Waals surface area (Å²) in [5, 5.41) is 32.5. The summed E-state index contributed by atoms with van der Waals surface area (Å²) in [4.78, 5) is 40.9. The van der Waals surface area contributed by atoms with Gasteiger partial charge in [-0.2, -0.15) is 18.3 Å². The molecule has 0 radical (unpaired) electrons. The zero-order chi connectivity index (χ0) is 29.0. The van der Waals surface area contributed by atoms with Gasteiger partial charge in [-0.25, -0.2) is 9.59 Å². The van der Waals surface area contributed by atoms with Crippen molar-refractivity contribution in [1.29, 1.82) is 0 Å². The highest BCUT2D eigenvalue weighted by Crippen LogP contribution is 2.38. The molecule has 2 unspecified atom stereocenters. The van der Waals surface area contributed by atoms with E-state index in [1.165, 1.54) is 17.2 Å². The molecular formula is C25H33F3N6O5. The number of anilines is 2. The summed E-state index contributed by atoms with van der Waals surface area (Å²) in [5.41, 5.74) is -1.31. The third-order valence-corrected chi connectivity index (χ3v) is 6.56. The zero-order valence-electron chi connectivity index (χ0n) is 21.8. The number of carboxylic acid groups (broad SMARTS) is 1. The Labute approximate surface area is 223 Å². The Balaban J connectivity index is 1.88. The van der Waals surface area contributed by atoms with E-state index >= 15 is 0 Å². The van der Waals surface area contributed by atoms with Crippen molar-refractivity contribution in [2.45, 2.75) is 70.9 Å². The molecule has 3 atom stereocenters. The standard InChI is InChI=1S/C25H33F3N6O5/c1-4-5-6-17(20(35)21(36)31-18-11-12-29-32-18)34(23(38)39)19-13-24(2,3)14-33(19)22(37)30-16-9-7-15(8-10-16)25(26,27)28/h7-12,17,19-20,35H,4-6,13-14H2,1-3H3,(H,30,37)(H,38,39)(H2,29,31,32,36)/t17-,19?,20?/m0/s1. The van der Waals surface area contributed by atoms with Crippen LogP contribution in [0.4, 0.5) is 34.3 Å². The molecule has 39 heavy (non-hydrogen) atoms. The van der Waals surface area contributed by atoms with Gasteiger partial charge < -0.3 is 25.7 Å². The van der Waals surface area contributed by atoms with Crippen LogP contribution in [-0.2, 0) is 11.0 Å². The number of carbonyl (C=O) groups excluding carboxylic acids is 2. The largest absolute Gasteiger partial charge is 0.465 e. The number of halogens is 3. The third-order valence-electron chi connectivity index (χ3n) is 6.56. The van der Waals surface area contributed by atoms with Crippen molar-refractivity contribution in [1.82, 2.24) is 20.0 Å². The van der Waals surface area contributed by atoms with Gasteiger partial charge in [-0.05, 0) is 42.5 Å². The highest BCUT2D eigenvalue weighted by molar-refractivity contribution is 5.94. The number of aliphatic hydroxyl groups is 1. The zero-order valence-corrected chi connectivity index (χ0v) is 21.8. The molecule has 1 aromatic heterocycles. The molecule has 0 aliphatic carbocycles. The van der Waals surface area contributed by atoms with Crippen LogP contribution in [0.3, 0.4) is 0 Å². The normalized spacial score (nSPS) is 18.3. The Morgan fingerprint density at radius 1 is 1.21 bits per heavy atom. The fraction of sp³-hybridized carbons (Fsp3) is 0.520. The number of urea groups is 1. The minimum Gasteiger partial charge on any atom is -0.465 e. The first-order valence-electron chi connectivity index (χ1n) is 12.5. The SMILES string of the molecule is CCCC[C@@H](C(O)C(=O)Nc1ccn[nH]1)N(C(=O)O)C1CC(C)(C)CN1C(=O)Nc1ccc(C(F)(F)F)cc1. The highest BCUT2D eigenvalue weighted by Gasteiger charge is 2.48. The molecule has 4 amide bonds. The molecule has 0 saturated carbocycles. The number of nitrogens with zero attached hydrogens (tertiary/aromatic N) is 3. The van der Waals surface area contributed by atoms with Gasteiger partial charge >= 0.3 is 18.3 Å². The summed E-state index contributed by atoms with van der Waals surface area (Å²) in [6.07, 6.45) is -5.88. The second kappa shape index (κ2) is 11.9. The van der Waals surface area contributed by atoms with E-state index in [2.05, 4.69) is 20.8 Å². The number of aromatic nitrogens is 2. The molecular weight excluding hydrogens is 521 g/mol. The first kappa shape index (κ1) is 29.7. The van der Waals surface area contributed by atoms with Crippen LogP contribution in [-0.4, -0.2) is 73.1 Å². The number of hydrogen-bond acceptors (Lipinski definition) is 5. The number of rotatable bonds is 9. The lowest BCUT2D eigenvalue weighted by molar-refractivity contribution is -0.137. The Kier molecular flexibility index (Phi) is 9.10. The summed E-state index contributed by atoms with van der Waals surface area (Å²) < 4.78 is 38.7. The van der Waals surface area contributed by atoms with Gasteiger partial charge in [0.1, 0.15) is 12.0 Å². The molecule has 1 aliphatic rings. The van der Waals surface area contributed by atoms with Gasteiger partial charge in [-0.15, -0.1) is 0 Å². The number of H-pyrrole nitrogens is 1. The lowest BCUT2D eigenvalue weighted by Gasteiger charge is -2.40. The van der Waals surface area contributed by atoms with Crippen LogP contribution >= 0.6 is 0 Å². The molecule has 3 rings (SSSR count). The lowest BCUT2D eigenvalue weighted by atomic mass is 9.91. The molecule has 2 aromatic rings. The average molecular weight is 555 g/mol. The molecule has 1 saturated heterocycles. The van der Waals surface area contributed by atoms with Crippen LogP contribution in [0.5, 0.6) is 0 Å².